The van der Waals surface area contributed by atoms with Gasteiger partial charge in [0.15, 0.2) is 0 Å². The van der Waals surface area contributed by atoms with E-state index in [0.717, 1.165) is 28.2 Å². The second-order valence-electron chi connectivity index (χ2n) is 19.9. The molecular formula is C56H51BN2O. The highest BCUT2D eigenvalue weighted by molar-refractivity contribution is 6.95. The molecule has 294 valence electrons. The largest absolute Gasteiger partial charge is 0.440 e. The van der Waals surface area contributed by atoms with Crippen LogP contribution in [-0.4, -0.2) is 6.85 Å². The second-order valence-corrected chi connectivity index (χ2v) is 19.9. The number of aryl methyl sites for hydroxylation is 1. The fourth-order valence-electron chi connectivity index (χ4n) is 10.6. The van der Waals surface area contributed by atoms with Gasteiger partial charge in [-0.1, -0.05) is 165 Å². The zero-order valence-electron chi connectivity index (χ0n) is 36.2. The third kappa shape index (κ3) is 5.22. The van der Waals surface area contributed by atoms with Crippen LogP contribution in [0.25, 0.3) is 44.3 Å². The number of nitrogens with zero attached hydrogens (tertiary/aromatic N) is 2. The SMILES string of the molecule is Cc1cc2c3c(c1)N(c1ccc(C(C)(C)C)cc1-c1ccccc1)c1oc4ccccc4c1B3N(c1ccc(C(C)(C)C)cc1)c1c-2ccc2c1C(C)(C)c1ccccc1-2. The first kappa shape index (κ1) is 36.8. The Balaban J connectivity index is 1.28. The van der Waals surface area contributed by atoms with Crippen molar-refractivity contribution in [1.29, 1.82) is 0 Å². The smallest absolute Gasteiger partial charge is 0.337 e. The molecule has 4 heteroatoms. The van der Waals surface area contributed by atoms with Crippen molar-refractivity contribution < 1.29 is 4.42 Å². The quantitative estimate of drug-likeness (QED) is 0.167. The van der Waals surface area contributed by atoms with Crippen molar-refractivity contribution in [2.75, 3.05) is 9.71 Å². The maximum Gasteiger partial charge on any atom is 0.337 e. The first-order valence-corrected chi connectivity index (χ1v) is 21.6. The van der Waals surface area contributed by atoms with Crippen LogP contribution < -0.4 is 20.6 Å². The average molecular weight is 779 g/mol. The van der Waals surface area contributed by atoms with Crippen LogP contribution in [0.2, 0.25) is 0 Å². The van der Waals surface area contributed by atoms with Gasteiger partial charge in [0.25, 0.3) is 0 Å². The first-order valence-electron chi connectivity index (χ1n) is 21.6. The van der Waals surface area contributed by atoms with E-state index in [1.165, 1.54) is 83.5 Å². The lowest BCUT2D eigenvalue weighted by Gasteiger charge is -2.46. The molecule has 7 aromatic carbocycles. The molecule has 0 radical (unpaired) electrons. The van der Waals surface area contributed by atoms with Crippen LogP contribution in [-0.2, 0) is 16.2 Å². The Labute approximate surface area is 355 Å². The normalized spacial score (nSPS) is 14.8. The van der Waals surface area contributed by atoms with Crippen LogP contribution in [0.3, 0.4) is 0 Å². The lowest BCUT2D eigenvalue weighted by atomic mass is 9.43. The van der Waals surface area contributed by atoms with Gasteiger partial charge in [-0.15, -0.1) is 0 Å². The second kappa shape index (κ2) is 12.6. The minimum Gasteiger partial charge on any atom is -0.440 e. The number of fused-ring (bicyclic) bond motifs is 10. The van der Waals surface area contributed by atoms with Gasteiger partial charge in [-0.05, 0) is 110 Å². The molecule has 3 nitrogen and oxygen atoms in total. The minimum atomic E-state index is -0.230. The van der Waals surface area contributed by atoms with Crippen molar-refractivity contribution in [2.24, 2.45) is 0 Å². The summed E-state index contributed by atoms with van der Waals surface area (Å²) in [7, 11) is 0. The van der Waals surface area contributed by atoms with E-state index in [9.17, 15) is 0 Å². The predicted octanol–water partition coefficient (Wildman–Crippen LogP) is 14.0. The molecule has 3 aliphatic rings. The number of rotatable bonds is 3. The fraction of sp³-hybridized carbons (Fsp3) is 0.214. The van der Waals surface area contributed by atoms with Crippen LogP contribution >= 0.6 is 0 Å². The zero-order valence-corrected chi connectivity index (χ0v) is 36.2. The summed E-state index contributed by atoms with van der Waals surface area (Å²) >= 11 is 0. The van der Waals surface area contributed by atoms with Crippen molar-refractivity contribution in [3.05, 3.63) is 173 Å². The van der Waals surface area contributed by atoms with E-state index in [1.54, 1.807) is 0 Å². The van der Waals surface area contributed by atoms with E-state index >= 15 is 0 Å². The van der Waals surface area contributed by atoms with E-state index < -0.39 is 0 Å². The highest BCUT2D eigenvalue weighted by atomic mass is 16.4. The molecule has 1 aromatic heterocycles. The lowest BCUT2D eigenvalue weighted by Crippen LogP contribution is -2.61. The number of hydrogen-bond acceptors (Lipinski definition) is 3. The molecule has 8 aromatic rings. The standard InChI is InChI=1S/C56H51BN2O/c1-34-31-44-41-29-28-40-39-19-13-15-21-45(39)56(8,9)49(40)52(41)59(38-26-23-36(24-27-38)54(2,3)4)57-50(44)47(32-34)58(53-51(57)42-20-14-16-22-48(42)60-53)46-30-25-37(55(5,6)7)33-43(46)35-17-11-10-12-18-35/h10-33H,1-9H3. The number of anilines is 5. The number of para-hydroxylation sites is 1. The van der Waals surface area contributed by atoms with Crippen LogP contribution in [0.15, 0.2) is 150 Å². The summed E-state index contributed by atoms with van der Waals surface area (Å²) < 4.78 is 7.26. The van der Waals surface area contributed by atoms with Crippen molar-refractivity contribution >= 4 is 57.4 Å². The number of hydrogen-bond donors (Lipinski definition) is 0. The highest BCUT2D eigenvalue weighted by Crippen LogP contribution is 2.58. The monoisotopic (exact) mass is 778 g/mol. The molecule has 0 bridgehead atoms. The predicted molar refractivity (Wildman–Crippen MR) is 255 cm³/mol. The van der Waals surface area contributed by atoms with Gasteiger partial charge in [-0.2, -0.15) is 0 Å². The highest BCUT2D eigenvalue weighted by Gasteiger charge is 2.51. The maximum absolute atomic E-state index is 7.26. The molecule has 0 atom stereocenters. The summed E-state index contributed by atoms with van der Waals surface area (Å²) in [4.78, 5) is 5.14. The number of furan rings is 1. The zero-order chi connectivity index (χ0) is 41.5. The molecule has 60 heavy (non-hydrogen) atoms. The Kier molecular flexibility index (Phi) is 7.75. The Morgan fingerprint density at radius 1 is 0.550 bits per heavy atom. The molecule has 3 heterocycles. The number of benzene rings is 7. The molecule has 1 aliphatic carbocycles. The van der Waals surface area contributed by atoms with Gasteiger partial charge < -0.3 is 9.23 Å². The first-order chi connectivity index (χ1) is 28.7. The molecule has 0 amide bonds. The van der Waals surface area contributed by atoms with E-state index in [2.05, 4.69) is 218 Å². The Morgan fingerprint density at radius 3 is 1.97 bits per heavy atom. The van der Waals surface area contributed by atoms with Gasteiger partial charge in [-0.3, -0.25) is 4.90 Å². The third-order valence-electron chi connectivity index (χ3n) is 13.6. The van der Waals surface area contributed by atoms with Gasteiger partial charge in [-0.25, -0.2) is 0 Å². The van der Waals surface area contributed by atoms with Crippen molar-refractivity contribution in [1.82, 2.24) is 0 Å². The Hall–Kier alpha value is -6.26. The van der Waals surface area contributed by atoms with Crippen LogP contribution in [0.1, 0.15) is 83.2 Å². The van der Waals surface area contributed by atoms with Crippen molar-refractivity contribution in [3.63, 3.8) is 0 Å². The third-order valence-corrected chi connectivity index (χ3v) is 13.6. The van der Waals surface area contributed by atoms with Gasteiger partial charge in [0.05, 0.1) is 5.69 Å². The minimum absolute atomic E-state index is 0.0253. The van der Waals surface area contributed by atoms with Gasteiger partial charge in [0, 0.05) is 44.5 Å². The molecule has 11 rings (SSSR count). The summed E-state index contributed by atoms with van der Waals surface area (Å²) in [5.41, 5.74) is 22.1. The van der Waals surface area contributed by atoms with Gasteiger partial charge in [0.2, 0.25) is 5.88 Å². The van der Waals surface area contributed by atoms with E-state index in [1.807, 2.05) is 0 Å². The molecule has 0 N–H and O–H groups in total. The molecule has 0 spiro atoms. The molecule has 2 aliphatic heterocycles. The molecule has 0 unspecified atom stereocenters. The summed E-state index contributed by atoms with van der Waals surface area (Å²) in [6, 6.07) is 54.7. The van der Waals surface area contributed by atoms with Gasteiger partial charge in [0.1, 0.15) is 5.58 Å². The van der Waals surface area contributed by atoms with E-state index in [-0.39, 0.29) is 23.1 Å². The molecule has 0 fully saturated rings. The van der Waals surface area contributed by atoms with E-state index in [4.69, 9.17) is 4.42 Å². The summed E-state index contributed by atoms with van der Waals surface area (Å²) in [5.74, 6) is 0.876. The van der Waals surface area contributed by atoms with Gasteiger partial charge >= 0.3 is 6.85 Å². The van der Waals surface area contributed by atoms with Crippen molar-refractivity contribution in [3.8, 4) is 33.4 Å². The van der Waals surface area contributed by atoms with E-state index in [0.29, 0.717) is 0 Å². The molecular weight excluding hydrogens is 727 g/mol. The van der Waals surface area contributed by atoms with Crippen LogP contribution in [0, 0.1) is 6.92 Å². The van der Waals surface area contributed by atoms with Crippen molar-refractivity contribution in [2.45, 2.75) is 78.6 Å². The summed E-state index contributed by atoms with van der Waals surface area (Å²) in [6.07, 6.45) is 0. The van der Waals surface area contributed by atoms with Crippen LogP contribution in [0.4, 0.5) is 28.6 Å². The Bertz CT molecular complexity index is 3050. The Morgan fingerprint density at radius 2 is 1.22 bits per heavy atom. The molecule has 0 saturated heterocycles. The maximum atomic E-state index is 7.26. The molecule has 0 saturated carbocycles. The van der Waals surface area contributed by atoms with Crippen LogP contribution in [0.5, 0.6) is 0 Å². The fourth-order valence-corrected chi connectivity index (χ4v) is 10.6. The summed E-state index contributed by atoms with van der Waals surface area (Å²) in [5, 5.41) is 1.14. The summed E-state index contributed by atoms with van der Waals surface area (Å²) in [6.45, 7) is 20.7. The lowest BCUT2D eigenvalue weighted by molar-refractivity contribution is 0.590. The average Bonchev–Trinajstić information content (AvgIpc) is 3.72. The topological polar surface area (TPSA) is 19.6 Å².